The number of carbonyl (C=O) groups excluding carboxylic acids is 3. The van der Waals surface area contributed by atoms with Crippen LogP contribution in [-0.4, -0.2) is 33.8 Å². The van der Waals surface area contributed by atoms with Gasteiger partial charge in [0.15, 0.2) is 5.82 Å². The molecule has 1 aromatic carbocycles. The Bertz CT molecular complexity index is 903. The number of carbonyl (C=O) groups is 3. The van der Waals surface area contributed by atoms with Crippen LogP contribution in [0, 0.1) is 0 Å². The lowest BCUT2D eigenvalue weighted by Crippen LogP contribution is -2.26. The summed E-state index contributed by atoms with van der Waals surface area (Å²) in [4.78, 5) is 40.9. The second-order valence-corrected chi connectivity index (χ2v) is 6.81. The predicted octanol–water partition coefficient (Wildman–Crippen LogP) is 2.57. The molecule has 2 heterocycles. The van der Waals surface area contributed by atoms with Crippen LogP contribution in [0.3, 0.4) is 0 Å². The third-order valence-electron chi connectivity index (χ3n) is 4.51. The van der Waals surface area contributed by atoms with Gasteiger partial charge in [0.05, 0.1) is 5.69 Å². The van der Waals surface area contributed by atoms with Crippen molar-refractivity contribution in [3.63, 3.8) is 0 Å². The van der Waals surface area contributed by atoms with Crippen molar-refractivity contribution in [2.75, 3.05) is 17.2 Å². The average Bonchev–Trinajstić information content (AvgIpc) is 3.06. The monoisotopic (exact) mass is 383 g/mol. The molecule has 0 spiro atoms. The van der Waals surface area contributed by atoms with Crippen LogP contribution in [-0.2, 0) is 17.8 Å². The number of amides is 3. The normalized spacial score (nSPS) is 12.8. The van der Waals surface area contributed by atoms with Crippen molar-refractivity contribution in [2.24, 2.45) is 0 Å². The molecule has 0 bridgehead atoms. The Morgan fingerprint density at radius 2 is 1.86 bits per heavy atom. The smallest absolute Gasteiger partial charge is 0.291 e. The van der Waals surface area contributed by atoms with E-state index < -0.39 is 0 Å². The van der Waals surface area contributed by atoms with E-state index in [4.69, 9.17) is 0 Å². The number of rotatable bonds is 6. The fraction of sp³-hybridized carbons (Fsp3) is 0.400. The van der Waals surface area contributed by atoms with Crippen LogP contribution >= 0.6 is 0 Å². The van der Waals surface area contributed by atoms with Crippen LogP contribution in [0.25, 0.3) is 0 Å². The van der Waals surface area contributed by atoms with Gasteiger partial charge in [0.2, 0.25) is 5.91 Å². The Balaban J connectivity index is 1.84. The Labute approximate surface area is 163 Å². The molecule has 8 nitrogen and oxygen atoms in total. The van der Waals surface area contributed by atoms with Crippen LogP contribution in [0.1, 0.15) is 59.9 Å². The van der Waals surface area contributed by atoms with Crippen molar-refractivity contribution >= 4 is 29.1 Å². The number of hydrogen-bond acceptors (Lipinski definition) is 4. The topological polar surface area (TPSA) is 105 Å². The maximum Gasteiger partial charge on any atom is 0.291 e. The largest absolute Gasteiger partial charge is 0.351 e. The van der Waals surface area contributed by atoms with Crippen molar-refractivity contribution in [3.05, 3.63) is 41.5 Å². The fourth-order valence-electron chi connectivity index (χ4n) is 3.29. The molecule has 3 rings (SSSR count). The van der Waals surface area contributed by atoms with E-state index in [0.717, 1.165) is 31.4 Å². The molecule has 0 radical (unpaired) electrons. The van der Waals surface area contributed by atoms with Crippen molar-refractivity contribution in [1.82, 2.24) is 14.9 Å². The Hall–Kier alpha value is -3.16. The molecule has 0 atom stereocenters. The highest BCUT2D eigenvalue weighted by molar-refractivity contribution is 6.04. The summed E-state index contributed by atoms with van der Waals surface area (Å²) in [7, 11) is 0. The van der Waals surface area contributed by atoms with Gasteiger partial charge in [-0.15, -0.1) is 0 Å². The van der Waals surface area contributed by atoms with Crippen LogP contribution < -0.4 is 16.0 Å². The van der Waals surface area contributed by atoms with Crippen LogP contribution in [0.2, 0.25) is 0 Å². The molecular weight excluding hydrogens is 358 g/mol. The van der Waals surface area contributed by atoms with E-state index >= 15 is 0 Å². The van der Waals surface area contributed by atoms with E-state index in [1.807, 2.05) is 11.5 Å². The highest BCUT2D eigenvalue weighted by atomic mass is 16.2. The molecule has 0 saturated carbocycles. The second kappa shape index (κ2) is 8.69. The van der Waals surface area contributed by atoms with Gasteiger partial charge in [-0.1, -0.05) is 13.0 Å². The van der Waals surface area contributed by atoms with Crippen molar-refractivity contribution in [2.45, 2.75) is 46.1 Å². The maximum absolute atomic E-state index is 12.9. The first-order valence-electron chi connectivity index (χ1n) is 9.56. The summed E-state index contributed by atoms with van der Waals surface area (Å²) < 4.78 is 1.84. The van der Waals surface area contributed by atoms with E-state index in [0.29, 0.717) is 30.2 Å². The third-order valence-corrected chi connectivity index (χ3v) is 4.51. The highest BCUT2D eigenvalue weighted by Crippen LogP contribution is 2.22. The summed E-state index contributed by atoms with van der Waals surface area (Å²) in [5, 5.41) is 8.33. The molecule has 1 aromatic heterocycles. The van der Waals surface area contributed by atoms with Gasteiger partial charge < -0.3 is 20.5 Å². The van der Waals surface area contributed by atoms with Gasteiger partial charge in [-0.3, -0.25) is 14.4 Å². The van der Waals surface area contributed by atoms with E-state index in [9.17, 15) is 14.4 Å². The van der Waals surface area contributed by atoms with Gasteiger partial charge in [-0.2, -0.15) is 0 Å². The summed E-state index contributed by atoms with van der Waals surface area (Å²) in [6, 6.07) is 6.89. The van der Waals surface area contributed by atoms with Gasteiger partial charge >= 0.3 is 0 Å². The number of nitrogens with one attached hydrogen (secondary N) is 3. The lowest BCUT2D eigenvalue weighted by Gasteiger charge is -2.17. The molecule has 1 aliphatic heterocycles. The SMILES string of the molecule is CCCNC(=O)c1nc(C(=O)Nc2cccc(NC(C)=O)c2)n2c1CCCC2. The van der Waals surface area contributed by atoms with Crippen LogP contribution in [0.5, 0.6) is 0 Å². The molecule has 148 valence electrons. The summed E-state index contributed by atoms with van der Waals surface area (Å²) in [5.41, 5.74) is 2.29. The summed E-state index contributed by atoms with van der Waals surface area (Å²) in [5.74, 6) is -0.563. The minimum atomic E-state index is -0.377. The van der Waals surface area contributed by atoms with Gasteiger partial charge in [0.25, 0.3) is 11.8 Å². The molecule has 2 aromatic rings. The minimum Gasteiger partial charge on any atom is -0.351 e. The van der Waals surface area contributed by atoms with Crippen LogP contribution in [0.15, 0.2) is 24.3 Å². The first kappa shape index (κ1) is 19.6. The fourth-order valence-corrected chi connectivity index (χ4v) is 3.29. The molecule has 0 fully saturated rings. The number of fused-ring (bicyclic) bond motifs is 1. The van der Waals surface area contributed by atoms with Gasteiger partial charge in [0.1, 0.15) is 5.69 Å². The number of anilines is 2. The quantitative estimate of drug-likeness (QED) is 0.713. The molecule has 8 heteroatoms. The van der Waals surface area contributed by atoms with Crippen LogP contribution in [0.4, 0.5) is 11.4 Å². The third kappa shape index (κ3) is 4.39. The molecule has 0 unspecified atom stereocenters. The number of imidazole rings is 1. The minimum absolute atomic E-state index is 0.187. The van der Waals surface area contributed by atoms with E-state index in [1.54, 1.807) is 24.3 Å². The molecule has 0 aliphatic carbocycles. The van der Waals surface area contributed by atoms with Crippen molar-refractivity contribution in [1.29, 1.82) is 0 Å². The number of hydrogen-bond donors (Lipinski definition) is 3. The summed E-state index contributed by atoms with van der Waals surface area (Å²) in [6.07, 6.45) is 3.48. The zero-order chi connectivity index (χ0) is 20.1. The number of nitrogens with zero attached hydrogens (tertiary/aromatic N) is 2. The standard InChI is InChI=1S/C20H25N5O3/c1-3-10-21-19(27)17-16-9-4-5-11-25(16)18(24-17)20(28)23-15-8-6-7-14(12-15)22-13(2)26/h6-8,12H,3-5,9-11H2,1-2H3,(H,21,27)(H,22,26)(H,23,28). The molecule has 1 aliphatic rings. The van der Waals surface area contributed by atoms with E-state index in [1.165, 1.54) is 6.92 Å². The molecular formula is C20H25N5O3. The summed E-state index contributed by atoms with van der Waals surface area (Å²) in [6.45, 7) is 4.64. The lowest BCUT2D eigenvalue weighted by molar-refractivity contribution is -0.114. The molecule has 0 saturated heterocycles. The Morgan fingerprint density at radius 1 is 1.11 bits per heavy atom. The summed E-state index contributed by atoms with van der Waals surface area (Å²) >= 11 is 0. The second-order valence-electron chi connectivity index (χ2n) is 6.81. The lowest BCUT2D eigenvalue weighted by atomic mass is 10.1. The van der Waals surface area contributed by atoms with Crippen molar-refractivity contribution in [3.8, 4) is 0 Å². The number of aromatic nitrogens is 2. The average molecular weight is 383 g/mol. The maximum atomic E-state index is 12.9. The zero-order valence-electron chi connectivity index (χ0n) is 16.2. The first-order chi connectivity index (χ1) is 13.5. The van der Waals surface area contributed by atoms with E-state index in [2.05, 4.69) is 20.9 Å². The number of benzene rings is 1. The van der Waals surface area contributed by atoms with Gasteiger partial charge in [-0.25, -0.2) is 4.98 Å². The Morgan fingerprint density at radius 3 is 2.57 bits per heavy atom. The van der Waals surface area contributed by atoms with Gasteiger partial charge in [0, 0.05) is 31.4 Å². The first-order valence-corrected chi connectivity index (χ1v) is 9.56. The molecule has 3 N–H and O–H groups in total. The predicted molar refractivity (Wildman–Crippen MR) is 106 cm³/mol. The van der Waals surface area contributed by atoms with Gasteiger partial charge in [-0.05, 0) is 43.9 Å². The Kier molecular flexibility index (Phi) is 6.08. The molecule has 3 amide bonds. The molecule has 28 heavy (non-hydrogen) atoms. The zero-order valence-corrected chi connectivity index (χ0v) is 16.2. The highest BCUT2D eigenvalue weighted by Gasteiger charge is 2.27. The van der Waals surface area contributed by atoms with Crippen molar-refractivity contribution < 1.29 is 14.4 Å². The van der Waals surface area contributed by atoms with E-state index in [-0.39, 0.29) is 23.5 Å².